The van der Waals surface area contributed by atoms with Gasteiger partial charge in [0.25, 0.3) is 0 Å². The van der Waals surface area contributed by atoms with Gasteiger partial charge in [-0.15, -0.1) is 0 Å². The van der Waals surface area contributed by atoms with Crippen LogP contribution in [0.3, 0.4) is 0 Å². The second-order valence-electron chi connectivity index (χ2n) is 2.42. The molecular formula is C9H8N2O. The van der Waals surface area contributed by atoms with Gasteiger partial charge in [-0.1, -0.05) is 0 Å². The zero-order valence-corrected chi connectivity index (χ0v) is 6.69. The molecular weight excluding hydrogens is 152 g/mol. The van der Waals surface area contributed by atoms with Crippen LogP contribution in [0.5, 0.6) is 5.88 Å². The maximum absolute atomic E-state index is 5.09. The summed E-state index contributed by atoms with van der Waals surface area (Å²) < 4.78 is 5.09. The standard InChI is InChI=1S/C9H8N2O/c1-12-9-8-3-4-10-6-7(8)2-5-11-9/h2-6H,1H3. The van der Waals surface area contributed by atoms with E-state index in [9.17, 15) is 0 Å². The van der Waals surface area contributed by atoms with E-state index in [1.54, 1.807) is 25.7 Å². The summed E-state index contributed by atoms with van der Waals surface area (Å²) >= 11 is 0. The van der Waals surface area contributed by atoms with Crippen LogP contribution in [-0.2, 0) is 0 Å². The number of pyridine rings is 2. The summed E-state index contributed by atoms with van der Waals surface area (Å²) in [5, 5.41) is 2.04. The van der Waals surface area contributed by atoms with Crippen molar-refractivity contribution in [3.05, 3.63) is 30.7 Å². The summed E-state index contributed by atoms with van der Waals surface area (Å²) in [7, 11) is 1.61. The molecule has 0 bridgehead atoms. The van der Waals surface area contributed by atoms with Gasteiger partial charge in [0, 0.05) is 29.4 Å². The zero-order chi connectivity index (χ0) is 8.39. The minimum Gasteiger partial charge on any atom is -0.481 e. The number of nitrogens with zero attached hydrogens (tertiary/aromatic N) is 2. The molecule has 3 heteroatoms. The lowest BCUT2D eigenvalue weighted by Crippen LogP contribution is -1.88. The summed E-state index contributed by atoms with van der Waals surface area (Å²) in [6.07, 6.45) is 5.23. The molecule has 0 amide bonds. The molecule has 0 atom stereocenters. The van der Waals surface area contributed by atoms with Crippen LogP contribution in [0.1, 0.15) is 0 Å². The van der Waals surface area contributed by atoms with Crippen molar-refractivity contribution in [1.82, 2.24) is 9.97 Å². The van der Waals surface area contributed by atoms with Crippen LogP contribution in [-0.4, -0.2) is 17.1 Å². The Morgan fingerprint density at radius 3 is 3.00 bits per heavy atom. The number of methoxy groups -OCH3 is 1. The predicted octanol–water partition coefficient (Wildman–Crippen LogP) is 1.64. The quantitative estimate of drug-likeness (QED) is 0.636. The van der Waals surface area contributed by atoms with E-state index >= 15 is 0 Å². The Hall–Kier alpha value is -1.64. The Labute approximate surface area is 70.0 Å². The third kappa shape index (κ3) is 0.993. The molecule has 0 spiro atoms. The third-order valence-corrected chi connectivity index (χ3v) is 1.72. The first kappa shape index (κ1) is 7.03. The van der Waals surface area contributed by atoms with Crippen LogP contribution in [0.2, 0.25) is 0 Å². The highest BCUT2D eigenvalue weighted by molar-refractivity contribution is 5.85. The summed E-state index contributed by atoms with van der Waals surface area (Å²) in [5.41, 5.74) is 0. The van der Waals surface area contributed by atoms with E-state index in [0.29, 0.717) is 5.88 Å². The van der Waals surface area contributed by atoms with E-state index < -0.39 is 0 Å². The monoisotopic (exact) mass is 160 g/mol. The molecule has 2 rings (SSSR count). The largest absolute Gasteiger partial charge is 0.481 e. The maximum atomic E-state index is 5.09. The average Bonchev–Trinajstić information content (AvgIpc) is 2.17. The van der Waals surface area contributed by atoms with Crippen LogP contribution < -0.4 is 4.74 Å². The van der Waals surface area contributed by atoms with Gasteiger partial charge in [0.05, 0.1) is 7.11 Å². The predicted molar refractivity (Wildman–Crippen MR) is 46.1 cm³/mol. The first-order chi connectivity index (χ1) is 5.92. The molecule has 0 fully saturated rings. The van der Waals surface area contributed by atoms with E-state index in [2.05, 4.69) is 9.97 Å². The molecule has 0 aliphatic carbocycles. The van der Waals surface area contributed by atoms with E-state index in [1.807, 2.05) is 12.1 Å². The van der Waals surface area contributed by atoms with Crippen molar-refractivity contribution in [2.75, 3.05) is 7.11 Å². The van der Waals surface area contributed by atoms with E-state index in [0.717, 1.165) is 10.8 Å². The van der Waals surface area contributed by atoms with Crippen LogP contribution in [0.15, 0.2) is 30.7 Å². The van der Waals surface area contributed by atoms with Crippen molar-refractivity contribution in [2.45, 2.75) is 0 Å². The van der Waals surface area contributed by atoms with Crippen LogP contribution >= 0.6 is 0 Å². The van der Waals surface area contributed by atoms with Gasteiger partial charge in [-0.05, 0) is 12.1 Å². The number of aromatic nitrogens is 2. The first-order valence-electron chi connectivity index (χ1n) is 3.64. The molecule has 2 heterocycles. The van der Waals surface area contributed by atoms with Gasteiger partial charge in [0.15, 0.2) is 0 Å². The van der Waals surface area contributed by atoms with Gasteiger partial charge in [-0.3, -0.25) is 4.98 Å². The number of fused-ring (bicyclic) bond motifs is 1. The third-order valence-electron chi connectivity index (χ3n) is 1.72. The van der Waals surface area contributed by atoms with Gasteiger partial charge in [-0.25, -0.2) is 4.98 Å². The molecule has 0 radical (unpaired) electrons. The van der Waals surface area contributed by atoms with Gasteiger partial charge >= 0.3 is 0 Å². The van der Waals surface area contributed by atoms with Crippen LogP contribution in [0.4, 0.5) is 0 Å². The second-order valence-corrected chi connectivity index (χ2v) is 2.42. The molecule has 0 unspecified atom stereocenters. The van der Waals surface area contributed by atoms with Crippen molar-refractivity contribution < 1.29 is 4.74 Å². The molecule has 3 nitrogen and oxygen atoms in total. The lowest BCUT2D eigenvalue weighted by molar-refractivity contribution is 0.403. The molecule has 2 aromatic heterocycles. The molecule has 2 aromatic rings. The van der Waals surface area contributed by atoms with Gasteiger partial charge < -0.3 is 4.74 Å². The second kappa shape index (κ2) is 2.77. The smallest absolute Gasteiger partial charge is 0.221 e. The summed E-state index contributed by atoms with van der Waals surface area (Å²) in [6, 6.07) is 3.80. The maximum Gasteiger partial charge on any atom is 0.221 e. The average molecular weight is 160 g/mol. The highest BCUT2D eigenvalue weighted by atomic mass is 16.5. The summed E-state index contributed by atoms with van der Waals surface area (Å²) in [6.45, 7) is 0. The van der Waals surface area contributed by atoms with Crippen LogP contribution in [0.25, 0.3) is 10.8 Å². The van der Waals surface area contributed by atoms with Gasteiger partial charge in [0.2, 0.25) is 5.88 Å². The van der Waals surface area contributed by atoms with Crippen LogP contribution in [0, 0.1) is 0 Å². The molecule has 0 aliphatic heterocycles. The Kier molecular flexibility index (Phi) is 1.63. The lowest BCUT2D eigenvalue weighted by atomic mass is 10.2. The molecule has 0 aliphatic rings. The van der Waals surface area contributed by atoms with E-state index in [4.69, 9.17) is 4.74 Å². The van der Waals surface area contributed by atoms with Crippen molar-refractivity contribution >= 4 is 10.8 Å². The lowest BCUT2D eigenvalue weighted by Gasteiger charge is -2.01. The fraction of sp³-hybridized carbons (Fsp3) is 0.111. The van der Waals surface area contributed by atoms with Crippen molar-refractivity contribution in [1.29, 1.82) is 0 Å². The number of ether oxygens (including phenoxy) is 1. The van der Waals surface area contributed by atoms with Gasteiger partial charge in [-0.2, -0.15) is 0 Å². The Morgan fingerprint density at radius 1 is 1.25 bits per heavy atom. The SMILES string of the molecule is COc1nccc2cnccc12. The molecule has 0 aromatic carbocycles. The Bertz CT molecular complexity index is 395. The van der Waals surface area contributed by atoms with E-state index in [-0.39, 0.29) is 0 Å². The van der Waals surface area contributed by atoms with E-state index in [1.165, 1.54) is 0 Å². The minimum atomic E-state index is 0.648. The topological polar surface area (TPSA) is 35.0 Å². The van der Waals surface area contributed by atoms with Gasteiger partial charge in [0.1, 0.15) is 0 Å². The molecule has 0 saturated carbocycles. The fourth-order valence-corrected chi connectivity index (χ4v) is 1.15. The van der Waals surface area contributed by atoms with Crippen molar-refractivity contribution in [2.24, 2.45) is 0 Å². The molecule has 12 heavy (non-hydrogen) atoms. The first-order valence-corrected chi connectivity index (χ1v) is 3.64. The zero-order valence-electron chi connectivity index (χ0n) is 6.69. The summed E-state index contributed by atoms with van der Waals surface area (Å²) in [4.78, 5) is 8.08. The molecule has 0 N–H and O–H groups in total. The Morgan fingerprint density at radius 2 is 2.17 bits per heavy atom. The Balaban J connectivity index is 2.79. The van der Waals surface area contributed by atoms with Crippen molar-refractivity contribution in [3.63, 3.8) is 0 Å². The number of hydrogen-bond acceptors (Lipinski definition) is 3. The normalized spacial score (nSPS) is 10.1. The van der Waals surface area contributed by atoms with Crippen molar-refractivity contribution in [3.8, 4) is 5.88 Å². The number of hydrogen-bond donors (Lipinski definition) is 0. The molecule has 0 saturated heterocycles. The molecule has 60 valence electrons. The fourth-order valence-electron chi connectivity index (χ4n) is 1.15. The minimum absolute atomic E-state index is 0.648. The summed E-state index contributed by atoms with van der Waals surface area (Å²) in [5.74, 6) is 0.648. The highest BCUT2D eigenvalue weighted by Crippen LogP contribution is 2.20. The number of rotatable bonds is 1. The highest BCUT2D eigenvalue weighted by Gasteiger charge is 1.99.